The van der Waals surface area contributed by atoms with Crippen molar-refractivity contribution in [3.05, 3.63) is 35.9 Å². The SMILES string of the molecule is CC(C)(C)OC(=O)N1C2C=C(c3cc(F)ccn3)CC1CC2. The number of pyridine rings is 1. The molecule has 2 unspecified atom stereocenters. The zero-order chi connectivity index (χ0) is 15.9. The molecule has 3 rings (SSSR count). The third-order valence-electron chi connectivity index (χ3n) is 4.05. The van der Waals surface area contributed by atoms with E-state index in [-0.39, 0.29) is 24.0 Å². The standard InChI is InChI=1S/C17H21FN2O2/c1-17(2,3)22-16(21)20-13-4-5-14(20)9-11(8-13)15-10-12(18)6-7-19-15/h6-8,10,13-14H,4-5,9H2,1-3H3. The molecule has 22 heavy (non-hydrogen) atoms. The van der Waals surface area contributed by atoms with Crippen molar-refractivity contribution in [1.82, 2.24) is 9.88 Å². The molecule has 2 bridgehead atoms. The summed E-state index contributed by atoms with van der Waals surface area (Å²) >= 11 is 0. The number of fused-ring (bicyclic) bond motifs is 2. The summed E-state index contributed by atoms with van der Waals surface area (Å²) in [5.74, 6) is -0.284. The molecule has 2 aliphatic rings. The van der Waals surface area contributed by atoms with Gasteiger partial charge in [0.1, 0.15) is 11.4 Å². The molecule has 0 aromatic carbocycles. The van der Waals surface area contributed by atoms with E-state index in [1.165, 1.54) is 18.3 Å². The van der Waals surface area contributed by atoms with Crippen molar-refractivity contribution < 1.29 is 13.9 Å². The molecule has 1 saturated heterocycles. The highest BCUT2D eigenvalue weighted by atomic mass is 19.1. The molecule has 4 nitrogen and oxygen atoms in total. The summed E-state index contributed by atoms with van der Waals surface area (Å²) in [6, 6.07) is 2.93. The Labute approximate surface area is 130 Å². The molecule has 2 atom stereocenters. The van der Waals surface area contributed by atoms with Crippen molar-refractivity contribution in [3.63, 3.8) is 0 Å². The summed E-state index contributed by atoms with van der Waals surface area (Å²) in [4.78, 5) is 18.4. The van der Waals surface area contributed by atoms with E-state index in [4.69, 9.17) is 4.74 Å². The predicted molar refractivity (Wildman–Crippen MR) is 81.7 cm³/mol. The van der Waals surface area contributed by atoms with Crippen LogP contribution >= 0.6 is 0 Å². The number of rotatable bonds is 1. The van der Waals surface area contributed by atoms with Crippen LogP contribution in [0.4, 0.5) is 9.18 Å². The number of hydrogen-bond donors (Lipinski definition) is 0. The third-order valence-corrected chi connectivity index (χ3v) is 4.05. The van der Waals surface area contributed by atoms with E-state index < -0.39 is 5.60 Å². The molecule has 0 spiro atoms. The third kappa shape index (κ3) is 2.98. The van der Waals surface area contributed by atoms with Crippen molar-refractivity contribution in [3.8, 4) is 0 Å². The minimum absolute atomic E-state index is 0.0219. The van der Waals surface area contributed by atoms with Gasteiger partial charge in [-0.25, -0.2) is 9.18 Å². The number of halogens is 1. The highest BCUT2D eigenvalue weighted by Gasteiger charge is 2.41. The quantitative estimate of drug-likeness (QED) is 0.793. The molecule has 0 saturated carbocycles. The molecule has 0 N–H and O–H groups in total. The Morgan fingerprint density at radius 2 is 2.18 bits per heavy atom. The maximum absolute atomic E-state index is 13.4. The summed E-state index contributed by atoms with van der Waals surface area (Å²) in [7, 11) is 0. The average molecular weight is 304 g/mol. The van der Waals surface area contributed by atoms with Gasteiger partial charge in [-0.3, -0.25) is 9.88 Å². The fourth-order valence-corrected chi connectivity index (χ4v) is 3.20. The molecular formula is C17H21FN2O2. The van der Waals surface area contributed by atoms with Gasteiger partial charge in [0, 0.05) is 12.2 Å². The molecule has 3 heterocycles. The van der Waals surface area contributed by atoms with Gasteiger partial charge < -0.3 is 4.74 Å². The lowest BCUT2D eigenvalue weighted by Gasteiger charge is -2.35. The molecule has 118 valence electrons. The van der Waals surface area contributed by atoms with Crippen molar-refractivity contribution in [2.75, 3.05) is 0 Å². The van der Waals surface area contributed by atoms with Gasteiger partial charge in [0.05, 0.1) is 11.7 Å². The second-order valence-corrected chi connectivity index (χ2v) is 6.94. The largest absolute Gasteiger partial charge is 0.444 e. The van der Waals surface area contributed by atoms with Gasteiger partial charge in [-0.15, -0.1) is 0 Å². The van der Waals surface area contributed by atoms with Gasteiger partial charge in [0.2, 0.25) is 0 Å². The van der Waals surface area contributed by atoms with Crippen LogP contribution in [0.1, 0.15) is 45.7 Å². The van der Waals surface area contributed by atoms with E-state index in [1.807, 2.05) is 31.7 Å². The second kappa shape index (κ2) is 5.38. The molecular weight excluding hydrogens is 283 g/mol. The molecule has 1 amide bonds. The minimum atomic E-state index is -0.495. The number of aromatic nitrogens is 1. The molecule has 1 aromatic rings. The second-order valence-electron chi connectivity index (χ2n) is 6.94. The van der Waals surface area contributed by atoms with Crippen LogP contribution in [0, 0.1) is 5.82 Å². The summed E-state index contributed by atoms with van der Waals surface area (Å²) in [5.41, 5.74) is 1.19. The monoisotopic (exact) mass is 304 g/mol. The lowest BCUT2D eigenvalue weighted by atomic mass is 9.98. The van der Waals surface area contributed by atoms with Crippen LogP contribution in [-0.2, 0) is 4.74 Å². The Hall–Kier alpha value is -1.91. The lowest BCUT2D eigenvalue weighted by molar-refractivity contribution is 0.0175. The van der Waals surface area contributed by atoms with E-state index in [9.17, 15) is 9.18 Å². The first-order chi connectivity index (χ1) is 10.3. The van der Waals surface area contributed by atoms with E-state index in [2.05, 4.69) is 4.98 Å². The highest BCUT2D eigenvalue weighted by Crippen LogP contribution is 2.38. The summed E-state index contributed by atoms with van der Waals surface area (Å²) in [6.45, 7) is 5.61. The van der Waals surface area contributed by atoms with Gasteiger partial charge in [-0.05, 0) is 57.7 Å². The highest BCUT2D eigenvalue weighted by molar-refractivity contribution is 5.74. The Bertz CT molecular complexity index is 621. The van der Waals surface area contributed by atoms with Gasteiger partial charge >= 0.3 is 6.09 Å². The fraction of sp³-hybridized carbons (Fsp3) is 0.529. The van der Waals surface area contributed by atoms with Crippen molar-refractivity contribution in [1.29, 1.82) is 0 Å². The molecule has 1 fully saturated rings. The fourth-order valence-electron chi connectivity index (χ4n) is 3.20. The Kier molecular flexibility index (Phi) is 3.67. The van der Waals surface area contributed by atoms with Crippen molar-refractivity contribution in [2.45, 2.75) is 57.7 Å². The lowest BCUT2D eigenvalue weighted by Crippen LogP contribution is -2.45. The first-order valence-electron chi connectivity index (χ1n) is 7.67. The van der Waals surface area contributed by atoms with E-state index in [1.54, 1.807) is 0 Å². The zero-order valence-electron chi connectivity index (χ0n) is 13.2. The first-order valence-corrected chi connectivity index (χ1v) is 7.67. The summed E-state index contributed by atoms with van der Waals surface area (Å²) < 4.78 is 18.9. The van der Waals surface area contributed by atoms with Gasteiger partial charge in [0.15, 0.2) is 0 Å². The smallest absolute Gasteiger partial charge is 0.411 e. The maximum atomic E-state index is 13.4. The first kappa shape index (κ1) is 15.0. The van der Waals surface area contributed by atoms with Crippen LogP contribution in [-0.4, -0.2) is 33.7 Å². The molecule has 5 heteroatoms. The van der Waals surface area contributed by atoms with Gasteiger partial charge in [-0.2, -0.15) is 0 Å². The zero-order valence-corrected chi connectivity index (χ0v) is 13.2. The van der Waals surface area contributed by atoms with Gasteiger partial charge in [-0.1, -0.05) is 6.08 Å². The van der Waals surface area contributed by atoms with Crippen molar-refractivity contribution in [2.24, 2.45) is 0 Å². The number of carbonyl (C=O) groups is 1. The Morgan fingerprint density at radius 1 is 1.41 bits per heavy atom. The Morgan fingerprint density at radius 3 is 2.82 bits per heavy atom. The number of amides is 1. The number of nitrogens with zero attached hydrogens (tertiary/aromatic N) is 2. The molecule has 0 aliphatic carbocycles. The van der Waals surface area contributed by atoms with Crippen LogP contribution in [0.2, 0.25) is 0 Å². The van der Waals surface area contributed by atoms with Crippen molar-refractivity contribution >= 4 is 11.7 Å². The van der Waals surface area contributed by atoms with Crippen LogP contribution < -0.4 is 0 Å². The topological polar surface area (TPSA) is 42.4 Å². The molecule has 2 aliphatic heterocycles. The predicted octanol–water partition coefficient (Wildman–Crippen LogP) is 3.78. The van der Waals surface area contributed by atoms with E-state index >= 15 is 0 Å². The number of carbonyl (C=O) groups excluding carboxylic acids is 1. The molecule has 1 aromatic heterocycles. The van der Waals surface area contributed by atoms with Crippen LogP contribution in [0.3, 0.4) is 0 Å². The van der Waals surface area contributed by atoms with Gasteiger partial charge in [0.25, 0.3) is 0 Å². The average Bonchev–Trinajstić information content (AvgIpc) is 2.68. The normalized spacial score (nSPS) is 24.2. The van der Waals surface area contributed by atoms with Crippen LogP contribution in [0.15, 0.2) is 24.4 Å². The van der Waals surface area contributed by atoms with Crippen LogP contribution in [0.5, 0.6) is 0 Å². The summed E-state index contributed by atoms with van der Waals surface area (Å²) in [6.07, 6.45) is 5.82. The van der Waals surface area contributed by atoms with Crippen LogP contribution in [0.25, 0.3) is 5.57 Å². The summed E-state index contributed by atoms with van der Waals surface area (Å²) in [5, 5.41) is 0. The minimum Gasteiger partial charge on any atom is -0.444 e. The number of ether oxygens (including phenoxy) is 1. The number of hydrogen-bond acceptors (Lipinski definition) is 3. The van der Waals surface area contributed by atoms with E-state index in [0.717, 1.165) is 18.4 Å². The van der Waals surface area contributed by atoms with E-state index in [0.29, 0.717) is 12.1 Å². The molecule has 0 radical (unpaired) electrons. The Balaban J connectivity index is 1.82. The maximum Gasteiger partial charge on any atom is 0.411 e.